The van der Waals surface area contributed by atoms with Crippen LogP contribution >= 0.6 is 0 Å². The highest BCUT2D eigenvalue weighted by Crippen LogP contribution is 2.24. The predicted molar refractivity (Wildman–Crippen MR) is 104 cm³/mol. The van der Waals surface area contributed by atoms with Gasteiger partial charge in [0, 0.05) is 30.0 Å². The number of nitrogens with one attached hydrogen (secondary N) is 1. The zero-order valence-corrected chi connectivity index (χ0v) is 15.5. The molecule has 1 N–H and O–H groups in total. The van der Waals surface area contributed by atoms with Gasteiger partial charge in [-0.25, -0.2) is 19.3 Å². The number of fused-ring (bicyclic) bond motifs is 1. The van der Waals surface area contributed by atoms with Crippen LogP contribution in [-0.4, -0.2) is 37.1 Å². The van der Waals surface area contributed by atoms with Gasteiger partial charge >= 0.3 is 5.97 Å². The first kappa shape index (κ1) is 17.6. The Kier molecular flexibility index (Phi) is 4.67. The van der Waals surface area contributed by atoms with Gasteiger partial charge < -0.3 is 10.1 Å². The monoisotopic (exact) mass is 374 g/mol. The van der Waals surface area contributed by atoms with Crippen LogP contribution in [0.1, 0.15) is 23.0 Å². The molecule has 0 spiro atoms. The van der Waals surface area contributed by atoms with Gasteiger partial charge in [-0.05, 0) is 44.2 Å². The molecule has 8 heteroatoms. The molecule has 28 heavy (non-hydrogen) atoms. The van der Waals surface area contributed by atoms with Crippen LogP contribution in [0.3, 0.4) is 0 Å². The van der Waals surface area contributed by atoms with Crippen molar-refractivity contribution in [1.82, 2.24) is 24.6 Å². The molecule has 0 fully saturated rings. The van der Waals surface area contributed by atoms with Crippen LogP contribution in [0.15, 0.2) is 55.0 Å². The molecule has 8 nitrogen and oxygen atoms in total. The highest BCUT2D eigenvalue weighted by atomic mass is 16.5. The zero-order valence-electron chi connectivity index (χ0n) is 15.5. The van der Waals surface area contributed by atoms with Gasteiger partial charge in [0.2, 0.25) is 5.82 Å². The van der Waals surface area contributed by atoms with E-state index < -0.39 is 5.97 Å². The van der Waals surface area contributed by atoms with Gasteiger partial charge in [-0.3, -0.25) is 4.98 Å². The van der Waals surface area contributed by atoms with Crippen LogP contribution in [0, 0.1) is 6.92 Å². The van der Waals surface area contributed by atoms with Crippen molar-refractivity contribution in [3.8, 4) is 11.5 Å². The summed E-state index contributed by atoms with van der Waals surface area (Å²) in [6.07, 6.45) is 5.00. The second-order valence-electron chi connectivity index (χ2n) is 6.09. The Morgan fingerprint density at radius 2 is 2.00 bits per heavy atom. The van der Waals surface area contributed by atoms with Crippen LogP contribution in [0.25, 0.3) is 17.0 Å². The lowest BCUT2D eigenvalue weighted by Crippen LogP contribution is -2.04. The second-order valence-corrected chi connectivity index (χ2v) is 6.09. The minimum absolute atomic E-state index is 0.303. The summed E-state index contributed by atoms with van der Waals surface area (Å²) >= 11 is 0. The number of aromatic nitrogens is 5. The molecule has 0 saturated carbocycles. The van der Waals surface area contributed by atoms with Crippen molar-refractivity contribution in [2.45, 2.75) is 13.8 Å². The molecule has 140 valence electrons. The molecule has 0 aliphatic carbocycles. The van der Waals surface area contributed by atoms with Crippen molar-refractivity contribution in [3.05, 3.63) is 66.2 Å². The van der Waals surface area contributed by atoms with Crippen LogP contribution < -0.4 is 5.32 Å². The number of carbonyl (C=O) groups is 1. The van der Waals surface area contributed by atoms with Crippen LogP contribution in [-0.2, 0) is 4.74 Å². The SMILES string of the molecule is CCOC(=O)c1cc2c(Nc3ccncc3)nc(-c3cccc(C)n3)nn2c1. The molecule has 0 aliphatic heterocycles. The second kappa shape index (κ2) is 7.43. The molecule has 4 aromatic rings. The quantitative estimate of drug-likeness (QED) is 0.535. The van der Waals surface area contributed by atoms with Crippen molar-refractivity contribution in [1.29, 1.82) is 0 Å². The number of ether oxygens (including phenoxy) is 1. The Bertz CT molecular complexity index is 1140. The molecule has 0 unspecified atom stereocenters. The Morgan fingerprint density at radius 1 is 1.18 bits per heavy atom. The van der Waals surface area contributed by atoms with E-state index in [4.69, 9.17) is 4.74 Å². The standard InChI is InChI=1S/C20H18N6O2/c1-3-28-20(27)14-11-17-19(23-15-7-9-21-10-8-15)24-18(25-26(17)12-14)16-6-4-5-13(2)22-16/h4-12H,3H2,1-2H3,(H,21,23,24,25). The Hall–Kier alpha value is -3.81. The number of pyridine rings is 2. The summed E-state index contributed by atoms with van der Waals surface area (Å²) in [6, 6.07) is 11.0. The van der Waals surface area contributed by atoms with Crippen molar-refractivity contribution >= 4 is 23.0 Å². The van der Waals surface area contributed by atoms with E-state index in [1.807, 2.05) is 37.3 Å². The lowest BCUT2D eigenvalue weighted by molar-refractivity contribution is 0.0526. The van der Waals surface area contributed by atoms with Gasteiger partial charge in [0.1, 0.15) is 11.2 Å². The molecule has 0 aliphatic rings. The molecule has 4 heterocycles. The maximum atomic E-state index is 12.2. The van der Waals surface area contributed by atoms with Gasteiger partial charge in [-0.2, -0.15) is 0 Å². The fraction of sp³-hybridized carbons (Fsp3) is 0.150. The summed E-state index contributed by atoms with van der Waals surface area (Å²) in [4.78, 5) is 25.3. The van der Waals surface area contributed by atoms with E-state index >= 15 is 0 Å². The lowest BCUT2D eigenvalue weighted by Gasteiger charge is -2.09. The fourth-order valence-electron chi connectivity index (χ4n) is 2.77. The molecular formula is C20H18N6O2. The molecule has 0 atom stereocenters. The molecule has 0 radical (unpaired) electrons. The number of hydrogen-bond donors (Lipinski definition) is 1. The normalized spacial score (nSPS) is 10.8. The van der Waals surface area contributed by atoms with Gasteiger partial charge in [-0.1, -0.05) is 6.07 Å². The maximum absolute atomic E-state index is 12.2. The molecule has 0 bridgehead atoms. The van der Waals surface area contributed by atoms with Gasteiger partial charge in [0.25, 0.3) is 0 Å². The number of nitrogens with zero attached hydrogens (tertiary/aromatic N) is 5. The number of esters is 1. The number of hydrogen-bond acceptors (Lipinski definition) is 7. The number of aryl methyl sites for hydroxylation is 1. The Balaban J connectivity index is 1.86. The van der Waals surface area contributed by atoms with E-state index in [0.717, 1.165) is 11.4 Å². The molecule has 0 amide bonds. The third kappa shape index (κ3) is 3.52. The Labute approximate surface area is 161 Å². The summed E-state index contributed by atoms with van der Waals surface area (Å²) in [5.74, 6) is 0.590. The maximum Gasteiger partial charge on any atom is 0.339 e. The van der Waals surface area contributed by atoms with Crippen LogP contribution in [0.5, 0.6) is 0 Å². The van der Waals surface area contributed by atoms with Crippen LogP contribution in [0.2, 0.25) is 0 Å². The number of anilines is 2. The summed E-state index contributed by atoms with van der Waals surface area (Å²) in [7, 11) is 0. The lowest BCUT2D eigenvalue weighted by atomic mass is 10.3. The minimum atomic E-state index is -0.405. The van der Waals surface area contributed by atoms with E-state index in [1.165, 1.54) is 0 Å². The minimum Gasteiger partial charge on any atom is -0.462 e. The van der Waals surface area contributed by atoms with Gasteiger partial charge in [0.15, 0.2) is 5.82 Å². The first-order valence-electron chi connectivity index (χ1n) is 8.82. The number of rotatable bonds is 5. The summed E-state index contributed by atoms with van der Waals surface area (Å²) in [5, 5.41) is 7.80. The molecule has 0 aromatic carbocycles. The third-order valence-corrected chi connectivity index (χ3v) is 4.03. The van der Waals surface area contributed by atoms with Crippen molar-refractivity contribution in [2.75, 3.05) is 11.9 Å². The largest absolute Gasteiger partial charge is 0.462 e. The van der Waals surface area contributed by atoms with Crippen molar-refractivity contribution < 1.29 is 9.53 Å². The molecule has 0 saturated heterocycles. The zero-order chi connectivity index (χ0) is 19.5. The molecule has 4 aromatic heterocycles. The molecule has 4 rings (SSSR count). The number of carbonyl (C=O) groups excluding carboxylic acids is 1. The predicted octanol–water partition coefficient (Wildman–Crippen LogP) is 3.42. The first-order chi connectivity index (χ1) is 13.6. The highest BCUT2D eigenvalue weighted by Gasteiger charge is 2.16. The Morgan fingerprint density at radius 3 is 2.75 bits per heavy atom. The van der Waals surface area contributed by atoms with E-state index in [9.17, 15) is 4.79 Å². The third-order valence-electron chi connectivity index (χ3n) is 4.03. The van der Waals surface area contributed by atoms with Crippen molar-refractivity contribution in [3.63, 3.8) is 0 Å². The van der Waals surface area contributed by atoms with E-state index in [2.05, 4.69) is 25.4 Å². The fourth-order valence-corrected chi connectivity index (χ4v) is 2.77. The van der Waals surface area contributed by atoms with E-state index in [-0.39, 0.29) is 0 Å². The van der Waals surface area contributed by atoms with Crippen molar-refractivity contribution in [2.24, 2.45) is 0 Å². The van der Waals surface area contributed by atoms with Gasteiger partial charge in [0.05, 0.1) is 12.2 Å². The van der Waals surface area contributed by atoms with Gasteiger partial charge in [-0.15, -0.1) is 5.10 Å². The first-order valence-corrected chi connectivity index (χ1v) is 8.82. The summed E-state index contributed by atoms with van der Waals surface area (Å²) < 4.78 is 6.72. The topological polar surface area (TPSA) is 94.3 Å². The van der Waals surface area contributed by atoms with Crippen LogP contribution in [0.4, 0.5) is 11.5 Å². The average Bonchev–Trinajstić information content (AvgIpc) is 3.14. The highest BCUT2D eigenvalue weighted by molar-refractivity contribution is 5.92. The molecular weight excluding hydrogens is 356 g/mol. The summed E-state index contributed by atoms with van der Waals surface area (Å²) in [6.45, 7) is 3.98. The average molecular weight is 374 g/mol. The van der Waals surface area contributed by atoms with E-state index in [1.54, 1.807) is 36.1 Å². The van der Waals surface area contributed by atoms with E-state index in [0.29, 0.717) is 35.0 Å². The summed E-state index contributed by atoms with van der Waals surface area (Å²) in [5.41, 5.74) is 3.38. The smallest absolute Gasteiger partial charge is 0.339 e.